The van der Waals surface area contributed by atoms with Crippen molar-refractivity contribution in [2.45, 2.75) is 38.9 Å². The van der Waals surface area contributed by atoms with Gasteiger partial charge in [0.15, 0.2) is 0 Å². The van der Waals surface area contributed by atoms with Crippen LogP contribution in [-0.4, -0.2) is 23.7 Å². The summed E-state index contributed by atoms with van der Waals surface area (Å²) >= 11 is 0. The number of carboxylic acid groups (broad SMARTS) is 1. The molecule has 0 amide bonds. The highest BCUT2D eigenvalue weighted by atomic mass is 19.4. The third-order valence-electron chi connectivity index (χ3n) is 3.02. The molecule has 6 heteroatoms. The van der Waals surface area contributed by atoms with E-state index in [0.717, 1.165) is 12.1 Å². The Labute approximate surface area is 116 Å². The van der Waals surface area contributed by atoms with Crippen LogP contribution < -0.4 is 4.90 Å². The molecule has 1 N–H and O–H groups in total. The van der Waals surface area contributed by atoms with Crippen molar-refractivity contribution < 1.29 is 23.1 Å². The molecule has 0 aliphatic rings. The van der Waals surface area contributed by atoms with Crippen molar-refractivity contribution >= 4 is 11.7 Å². The third kappa shape index (κ3) is 3.88. The van der Waals surface area contributed by atoms with E-state index in [9.17, 15) is 23.1 Å². The van der Waals surface area contributed by atoms with E-state index in [2.05, 4.69) is 0 Å². The second-order valence-electron chi connectivity index (χ2n) is 4.50. The fourth-order valence-corrected chi connectivity index (χ4v) is 2.09. The zero-order valence-electron chi connectivity index (χ0n) is 11.4. The molecule has 0 saturated heterocycles. The predicted molar refractivity (Wildman–Crippen MR) is 70.8 cm³/mol. The first kappa shape index (κ1) is 16.3. The van der Waals surface area contributed by atoms with Crippen LogP contribution in [0.2, 0.25) is 0 Å². The Bertz CT molecular complexity index is 460. The zero-order chi connectivity index (χ0) is 15.3. The van der Waals surface area contributed by atoms with Crippen LogP contribution in [0.25, 0.3) is 0 Å². The average molecular weight is 289 g/mol. The highest BCUT2D eigenvalue weighted by Crippen LogP contribution is 2.32. The SMILES string of the molecule is CCCN(c1cccc(C(F)(F)F)c1)C(CC)C(=O)O. The number of anilines is 1. The Balaban J connectivity index is 3.18. The third-order valence-corrected chi connectivity index (χ3v) is 3.02. The molecule has 112 valence electrons. The Hall–Kier alpha value is -1.72. The van der Waals surface area contributed by atoms with Gasteiger partial charge in [-0.15, -0.1) is 0 Å². The largest absolute Gasteiger partial charge is 0.480 e. The fraction of sp³-hybridized carbons (Fsp3) is 0.500. The summed E-state index contributed by atoms with van der Waals surface area (Å²) in [5.41, 5.74) is -0.479. The fourth-order valence-electron chi connectivity index (χ4n) is 2.09. The van der Waals surface area contributed by atoms with Gasteiger partial charge >= 0.3 is 12.1 Å². The van der Waals surface area contributed by atoms with Crippen LogP contribution in [0.1, 0.15) is 32.3 Å². The molecule has 3 nitrogen and oxygen atoms in total. The summed E-state index contributed by atoms with van der Waals surface area (Å²) in [6, 6.07) is 3.97. The van der Waals surface area contributed by atoms with Crippen LogP contribution >= 0.6 is 0 Å². The lowest BCUT2D eigenvalue weighted by molar-refractivity contribution is -0.138. The van der Waals surface area contributed by atoms with E-state index < -0.39 is 23.8 Å². The normalized spacial score (nSPS) is 13.1. The predicted octanol–water partition coefficient (Wildman–Crippen LogP) is 3.79. The van der Waals surface area contributed by atoms with Crippen molar-refractivity contribution in [1.29, 1.82) is 0 Å². The van der Waals surface area contributed by atoms with Crippen molar-refractivity contribution in [2.24, 2.45) is 0 Å². The minimum atomic E-state index is -4.43. The minimum Gasteiger partial charge on any atom is -0.480 e. The lowest BCUT2D eigenvalue weighted by atomic mass is 10.1. The molecule has 0 aromatic heterocycles. The van der Waals surface area contributed by atoms with Gasteiger partial charge in [0, 0.05) is 12.2 Å². The number of rotatable bonds is 6. The van der Waals surface area contributed by atoms with E-state index in [1.807, 2.05) is 6.92 Å². The first-order chi connectivity index (χ1) is 9.31. The van der Waals surface area contributed by atoms with Gasteiger partial charge in [-0.05, 0) is 31.0 Å². The van der Waals surface area contributed by atoms with Gasteiger partial charge in [0.25, 0.3) is 0 Å². The summed E-state index contributed by atoms with van der Waals surface area (Å²) in [7, 11) is 0. The van der Waals surface area contributed by atoms with Crippen molar-refractivity contribution in [3.63, 3.8) is 0 Å². The maximum absolute atomic E-state index is 12.7. The molecule has 20 heavy (non-hydrogen) atoms. The van der Waals surface area contributed by atoms with Crippen molar-refractivity contribution in [1.82, 2.24) is 0 Å². The summed E-state index contributed by atoms with van der Waals surface area (Å²) in [6.45, 7) is 3.95. The molecule has 0 bridgehead atoms. The monoisotopic (exact) mass is 289 g/mol. The van der Waals surface area contributed by atoms with Crippen molar-refractivity contribution in [3.8, 4) is 0 Å². The number of carbonyl (C=O) groups is 1. The number of nitrogens with zero attached hydrogens (tertiary/aromatic N) is 1. The van der Waals surface area contributed by atoms with Crippen LogP contribution in [-0.2, 0) is 11.0 Å². The van der Waals surface area contributed by atoms with E-state index in [4.69, 9.17) is 0 Å². The van der Waals surface area contributed by atoms with Gasteiger partial charge < -0.3 is 10.0 Å². The molecule has 1 atom stereocenters. The van der Waals surface area contributed by atoms with E-state index >= 15 is 0 Å². The Morgan fingerprint density at radius 2 is 2.00 bits per heavy atom. The lowest BCUT2D eigenvalue weighted by Crippen LogP contribution is -2.41. The second kappa shape index (κ2) is 6.63. The number of carboxylic acids is 1. The number of hydrogen-bond acceptors (Lipinski definition) is 2. The smallest absolute Gasteiger partial charge is 0.416 e. The Morgan fingerprint density at radius 3 is 2.45 bits per heavy atom. The molecule has 1 aromatic rings. The summed E-state index contributed by atoms with van der Waals surface area (Å²) in [6.07, 6.45) is -3.45. The molecule has 0 fully saturated rings. The standard InChI is InChI=1S/C14H18F3NO2/c1-3-8-18(12(4-2)13(19)20)11-7-5-6-10(9-11)14(15,16)17/h5-7,9,12H,3-4,8H2,1-2H3,(H,19,20). The Kier molecular flexibility index (Phi) is 5.42. The molecule has 1 unspecified atom stereocenters. The number of halogens is 3. The Morgan fingerprint density at radius 1 is 1.35 bits per heavy atom. The van der Waals surface area contributed by atoms with Gasteiger partial charge in [0.05, 0.1) is 5.56 Å². The van der Waals surface area contributed by atoms with Gasteiger partial charge in [-0.25, -0.2) is 4.79 Å². The van der Waals surface area contributed by atoms with Gasteiger partial charge in [0.2, 0.25) is 0 Å². The zero-order valence-corrected chi connectivity index (χ0v) is 11.4. The molecular weight excluding hydrogens is 271 g/mol. The number of hydrogen-bond donors (Lipinski definition) is 1. The van der Waals surface area contributed by atoms with Crippen LogP contribution in [0.15, 0.2) is 24.3 Å². The van der Waals surface area contributed by atoms with E-state index in [1.54, 1.807) is 6.92 Å². The highest BCUT2D eigenvalue weighted by molar-refractivity contribution is 5.78. The van der Waals surface area contributed by atoms with Gasteiger partial charge in [-0.1, -0.05) is 19.9 Å². The topological polar surface area (TPSA) is 40.5 Å². The van der Waals surface area contributed by atoms with Crippen molar-refractivity contribution in [2.75, 3.05) is 11.4 Å². The summed E-state index contributed by atoms with van der Waals surface area (Å²) in [5, 5.41) is 9.20. The molecule has 0 saturated carbocycles. The average Bonchev–Trinajstić information content (AvgIpc) is 2.37. The van der Waals surface area contributed by atoms with E-state index in [-0.39, 0.29) is 5.69 Å². The first-order valence-corrected chi connectivity index (χ1v) is 6.48. The molecule has 0 aliphatic heterocycles. The summed E-state index contributed by atoms with van der Waals surface area (Å²) in [5.74, 6) is -1.03. The van der Waals surface area contributed by atoms with Gasteiger partial charge in [0.1, 0.15) is 6.04 Å². The van der Waals surface area contributed by atoms with Crippen LogP contribution in [0, 0.1) is 0 Å². The molecule has 0 spiro atoms. The van der Waals surface area contributed by atoms with Gasteiger partial charge in [-0.2, -0.15) is 13.2 Å². The van der Waals surface area contributed by atoms with Crippen molar-refractivity contribution in [3.05, 3.63) is 29.8 Å². The van der Waals surface area contributed by atoms with E-state index in [0.29, 0.717) is 19.4 Å². The quantitative estimate of drug-likeness (QED) is 0.866. The number of benzene rings is 1. The second-order valence-corrected chi connectivity index (χ2v) is 4.50. The highest BCUT2D eigenvalue weighted by Gasteiger charge is 2.32. The number of aliphatic carboxylic acids is 1. The van der Waals surface area contributed by atoms with Gasteiger partial charge in [-0.3, -0.25) is 0 Å². The maximum Gasteiger partial charge on any atom is 0.416 e. The van der Waals surface area contributed by atoms with Crippen LogP contribution in [0.3, 0.4) is 0 Å². The van der Waals surface area contributed by atoms with Crippen LogP contribution in [0.5, 0.6) is 0 Å². The molecule has 0 heterocycles. The summed E-state index contributed by atoms with van der Waals surface area (Å²) < 4.78 is 38.2. The lowest BCUT2D eigenvalue weighted by Gasteiger charge is -2.30. The maximum atomic E-state index is 12.7. The van der Waals surface area contributed by atoms with E-state index in [1.165, 1.54) is 17.0 Å². The molecule has 0 radical (unpaired) electrons. The molecule has 1 rings (SSSR count). The molecule has 1 aromatic carbocycles. The summed E-state index contributed by atoms with van der Waals surface area (Å²) in [4.78, 5) is 12.7. The number of alkyl halides is 3. The molecule has 0 aliphatic carbocycles. The minimum absolute atomic E-state index is 0.288. The molecular formula is C14H18F3NO2. The van der Waals surface area contributed by atoms with Crippen LogP contribution in [0.4, 0.5) is 18.9 Å². The first-order valence-electron chi connectivity index (χ1n) is 6.48.